The van der Waals surface area contributed by atoms with Crippen molar-refractivity contribution in [2.24, 2.45) is 5.41 Å². The Bertz CT molecular complexity index is 436. The Balaban J connectivity index is 1.95. The van der Waals surface area contributed by atoms with E-state index in [9.17, 15) is 9.18 Å². The molecule has 3 heteroatoms. The van der Waals surface area contributed by atoms with Crippen molar-refractivity contribution in [2.75, 3.05) is 0 Å². The van der Waals surface area contributed by atoms with Gasteiger partial charge in [0.05, 0.1) is 11.5 Å². The zero-order chi connectivity index (χ0) is 11.6. The number of aryl methyl sites for hydroxylation is 1. The monoisotopic (exact) mass is 217 g/mol. The minimum absolute atomic E-state index is 0.167. The molecule has 0 heterocycles. The molecule has 2 nitrogen and oxygen atoms in total. The maximum atomic E-state index is 12.7. The smallest absolute Gasteiger partial charge is 0.136 e. The van der Waals surface area contributed by atoms with Crippen LogP contribution in [0.5, 0.6) is 0 Å². The standard InChI is InChI=1S/C13H12FNO/c14-11-3-1-10(2-4-11)5-6-13(9-15)7-12(16)8-13/h1-4H,5-8H2. The Morgan fingerprint density at radius 1 is 1.31 bits per heavy atom. The van der Waals surface area contributed by atoms with Crippen LogP contribution in [0.3, 0.4) is 0 Å². The number of hydrogen-bond donors (Lipinski definition) is 0. The zero-order valence-electron chi connectivity index (χ0n) is 8.87. The molecule has 0 aromatic heterocycles. The Labute approximate surface area is 93.7 Å². The van der Waals surface area contributed by atoms with E-state index in [0.29, 0.717) is 19.3 Å². The van der Waals surface area contributed by atoms with Gasteiger partial charge in [-0.25, -0.2) is 4.39 Å². The summed E-state index contributed by atoms with van der Waals surface area (Å²) in [7, 11) is 0. The molecule has 82 valence electrons. The molecule has 0 bridgehead atoms. The topological polar surface area (TPSA) is 40.9 Å². The highest BCUT2D eigenvalue weighted by Crippen LogP contribution is 2.41. The van der Waals surface area contributed by atoms with Gasteiger partial charge in [0.15, 0.2) is 0 Å². The van der Waals surface area contributed by atoms with Gasteiger partial charge in [0, 0.05) is 12.8 Å². The van der Waals surface area contributed by atoms with Crippen LogP contribution in [0, 0.1) is 22.6 Å². The Kier molecular flexibility index (Phi) is 2.74. The molecule has 1 fully saturated rings. The van der Waals surface area contributed by atoms with Crippen molar-refractivity contribution in [2.45, 2.75) is 25.7 Å². The van der Waals surface area contributed by atoms with Crippen molar-refractivity contribution >= 4 is 5.78 Å². The zero-order valence-corrected chi connectivity index (χ0v) is 8.87. The first-order valence-corrected chi connectivity index (χ1v) is 5.31. The fraction of sp³-hybridized carbons (Fsp3) is 0.385. The van der Waals surface area contributed by atoms with Crippen LogP contribution in [0.25, 0.3) is 0 Å². The number of halogens is 1. The largest absolute Gasteiger partial charge is 0.300 e. The van der Waals surface area contributed by atoms with Crippen molar-refractivity contribution in [3.63, 3.8) is 0 Å². The lowest BCUT2D eigenvalue weighted by Gasteiger charge is -2.33. The molecule has 1 aromatic rings. The number of nitrogens with zero attached hydrogens (tertiary/aromatic N) is 1. The Morgan fingerprint density at radius 2 is 1.94 bits per heavy atom. The van der Waals surface area contributed by atoms with Gasteiger partial charge in [0.2, 0.25) is 0 Å². The summed E-state index contributed by atoms with van der Waals surface area (Å²) in [5.74, 6) is -0.0850. The van der Waals surface area contributed by atoms with Crippen LogP contribution in [-0.2, 0) is 11.2 Å². The summed E-state index contributed by atoms with van der Waals surface area (Å²) in [5, 5.41) is 9.01. The normalized spacial score (nSPS) is 17.6. The van der Waals surface area contributed by atoms with Crippen molar-refractivity contribution in [1.82, 2.24) is 0 Å². The fourth-order valence-electron chi connectivity index (χ4n) is 2.05. The van der Waals surface area contributed by atoms with E-state index in [0.717, 1.165) is 12.0 Å². The van der Waals surface area contributed by atoms with Crippen LogP contribution >= 0.6 is 0 Å². The number of hydrogen-bond acceptors (Lipinski definition) is 2. The van der Waals surface area contributed by atoms with Gasteiger partial charge in [-0.05, 0) is 30.5 Å². The molecule has 0 radical (unpaired) electrons. The second kappa shape index (κ2) is 4.05. The van der Waals surface area contributed by atoms with E-state index in [1.807, 2.05) is 0 Å². The maximum Gasteiger partial charge on any atom is 0.136 e. The molecule has 0 atom stereocenters. The molecule has 0 unspecified atom stereocenters. The molecule has 2 rings (SSSR count). The predicted molar refractivity (Wildman–Crippen MR) is 57.0 cm³/mol. The molecular formula is C13H12FNO. The van der Waals surface area contributed by atoms with Crippen LogP contribution in [-0.4, -0.2) is 5.78 Å². The van der Waals surface area contributed by atoms with Crippen molar-refractivity contribution in [3.8, 4) is 6.07 Å². The van der Waals surface area contributed by atoms with Crippen molar-refractivity contribution < 1.29 is 9.18 Å². The van der Waals surface area contributed by atoms with Crippen molar-refractivity contribution in [1.29, 1.82) is 5.26 Å². The summed E-state index contributed by atoms with van der Waals surface area (Å²) in [6.45, 7) is 0. The fourth-order valence-corrected chi connectivity index (χ4v) is 2.05. The second-order valence-electron chi connectivity index (χ2n) is 4.41. The van der Waals surface area contributed by atoms with E-state index >= 15 is 0 Å². The van der Waals surface area contributed by atoms with E-state index in [2.05, 4.69) is 6.07 Å². The third-order valence-electron chi connectivity index (χ3n) is 3.11. The molecule has 0 saturated heterocycles. The quantitative estimate of drug-likeness (QED) is 0.780. The highest BCUT2D eigenvalue weighted by molar-refractivity contribution is 5.87. The number of Topliss-reactive ketones (excluding diaryl/α,β-unsaturated/α-hetero) is 1. The third kappa shape index (κ3) is 2.11. The summed E-state index contributed by atoms with van der Waals surface area (Å²) in [5.41, 5.74) is 0.557. The van der Waals surface area contributed by atoms with Gasteiger partial charge < -0.3 is 0 Å². The molecule has 1 saturated carbocycles. The minimum Gasteiger partial charge on any atom is -0.300 e. The highest BCUT2D eigenvalue weighted by Gasteiger charge is 2.43. The Hall–Kier alpha value is -1.69. The molecule has 0 amide bonds. The molecule has 0 N–H and O–H groups in total. The number of carbonyl (C=O) groups excluding carboxylic acids is 1. The van der Waals surface area contributed by atoms with Crippen LogP contribution in [0.1, 0.15) is 24.8 Å². The lowest BCUT2D eigenvalue weighted by atomic mass is 9.66. The summed E-state index contributed by atoms with van der Waals surface area (Å²) in [6, 6.07) is 8.51. The molecule has 16 heavy (non-hydrogen) atoms. The average Bonchev–Trinajstić information content (AvgIpc) is 2.25. The highest BCUT2D eigenvalue weighted by atomic mass is 19.1. The van der Waals surface area contributed by atoms with Gasteiger partial charge in [-0.1, -0.05) is 12.1 Å². The number of rotatable bonds is 3. The summed E-state index contributed by atoms with van der Waals surface area (Å²) in [6.07, 6.45) is 2.16. The third-order valence-corrected chi connectivity index (χ3v) is 3.11. The molecule has 1 aliphatic rings. The number of carbonyl (C=O) groups is 1. The number of benzene rings is 1. The number of nitriles is 1. The molecule has 0 aliphatic heterocycles. The van der Waals surface area contributed by atoms with Gasteiger partial charge in [0.25, 0.3) is 0 Å². The molecule has 1 aliphatic carbocycles. The van der Waals surface area contributed by atoms with Crippen LogP contribution in [0.4, 0.5) is 4.39 Å². The van der Waals surface area contributed by atoms with Gasteiger partial charge in [0.1, 0.15) is 11.6 Å². The van der Waals surface area contributed by atoms with Crippen LogP contribution in [0.15, 0.2) is 24.3 Å². The van der Waals surface area contributed by atoms with Gasteiger partial charge in [-0.15, -0.1) is 0 Å². The van der Waals surface area contributed by atoms with Gasteiger partial charge in [-0.3, -0.25) is 4.79 Å². The summed E-state index contributed by atoms with van der Waals surface area (Å²) >= 11 is 0. The summed E-state index contributed by atoms with van der Waals surface area (Å²) < 4.78 is 12.7. The lowest BCUT2D eigenvalue weighted by Crippen LogP contribution is -2.36. The van der Waals surface area contributed by atoms with Crippen LogP contribution < -0.4 is 0 Å². The molecule has 1 aromatic carbocycles. The minimum atomic E-state index is -0.453. The van der Waals surface area contributed by atoms with E-state index < -0.39 is 5.41 Å². The first kappa shape index (κ1) is 10.8. The van der Waals surface area contributed by atoms with Gasteiger partial charge >= 0.3 is 0 Å². The van der Waals surface area contributed by atoms with E-state index in [1.54, 1.807) is 12.1 Å². The lowest BCUT2D eigenvalue weighted by molar-refractivity contribution is -0.130. The van der Waals surface area contributed by atoms with E-state index in [1.165, 1.54) is 12.1 Å². The van der Waals surface area contributed by atoms with Crippen molar-refractivity contribution in [3.05, 3.63) is 35.6 Å². The summed E-state index contributed by atoms with van der Waals surface area (Å²) in [4.78, 5) is 10.9. The first-order chi connectivity index (χ1) is 7.63. The SMILES string of the molecule is N#CC1(CCc2ccc(F)cc2)CC(=O)C1. The maximum absolute atomic E-state index is 12.7. The Morgan fingerprint density at radius 3 is 2.44 bits per heavy atom. The average molecular weight is 217 g/mol. The van der Waals surface area contributed by atoms with E-state index in [4.69, 9.17) is 5.26 Å². The molecular weight excluding hydrogens is 205 g/mol. The molecule has 0 spiro atoms. The second-order valence-corrected chi connectivity index (χ2v) is 4.41. The number of ketones is 1. The van der Waals surface area contributed by atoms with Crippen LogP contribution in [0.2, 0.25) is 0 Å². The van der Waals surface area contributed by atoms with Gasteiger partial charge in [-0.2, -0.15) is 5.26 Å². The first-order valence-electron chi connectivity index (χ1n) is 5.31. The van der Waals surface area contributed by atoms with E-state index in [-0.39, 0.29) is 11.6 Å². The predicted octanol–water partition coefficient (Wildman–Crippen LogP) is 2.63.